The van der Waals surface area contributed by atoms with E-state index in [9.17, 15) is 18.8 Å². The normalized spacial score (nSPS) is 10.5. The van der Waals surface area contributed by atoms with Crippen molar-refractivity contribution in [1.82, 2.24) is 9.13 Å². The van der Waals surface area contributed by atoms with E-state index in [0.29, 0.717) is 16.4 Å². The molecule has 3 aromatic rings. The molecule has 1 amide bonds. The number of amides is 1. The molecular weight excluding hydrogens is 361 g/mol. The molecule has 8 heteroatoms. The second kappa shape index (κ2) is 7.37. The summed E-state index contributed by atoms with van der Waals surface area (Å²) in [5.74, 6) is -0.930. The second-order valence-electron chi connectivity index (χ2n) is 5.44. The molecule has 1 aromatic heterocycles. The summed E-state index contributed by atoms with van der Waals surface area (Å²) in [6.07, 6.45) is 2.67. The van der Waals surface area contributed by atoms with Gasteiger partial charge in [-0.2, -0.15) is 0 Å². The molecule has 0 saturated carbocycles. The van der Waals surface area contributed by atoms with Crippen molar-refractivity contribution >= 4 is 23.2 Å². The Labute approximate surface area is 152 Å². The molecule has 0 spiro atoms. The minimum Gasteiger partial charge on any atom is -0.324 e. The Morgan fingerprint density at radius 2 is 1.77 bits per heavy atom. The predicted octanol–water partition coefficient (Wildman–Crippen LogP) is 2.43. The largest absolute Gasteiger partial charge is 0.324 e. The van der Waals surface area contributed by atoms with Crippen molar-refractivity contribution in [2.24, 2.45) is 0 Å². The van der Waals surface area contributed by atoms with Gasteiger partial charge in [-0.25, -0.2) is 4.39 Å². The van der Waals surface area contributed by atoms with E-state index in [4.69, 9.17) is 11.6 Å². The number of hydrogen-bond acceptors (Lipinski definition) is 3. The molecule has 0 radical (unpaired) electrons. The first kappa shape index (κ1) is 17.6. The van der Waals surface area contributed by atoms with Gasteiger partial charge in [-0.1, -0.05) is 17.7 Å². The third-order valence-corrected chi connectivity index (χ3v) is 3.82. The minimum absolute atomic E-state index is 0.329. The summed E-state index contributed by atoms with van der Waals surface area (Å²) < 4.78 is 15.1. The van der Waals surface area contributed by atoms with Gasteiger partial charge in [-0.15, -0.1) is 0 Å². The average molecular weight is 374 g/mol. The number of nitrogens with one attached hydrogen (secondary N) is 1. The van der Waals surface area contributed by atoms with Gasteiger partial charge in [0, 0.05) is 28.8 Å². The lowest BCUT2D eigenvalue weighted by Crippen LogP contribution is -2.41. The number of anilines is 1. The van der Waals surface area contributed by atoms with E-state index in [-0.39, 0.29) is 6.54 Å². The number of benzene rings is 2. The highest BCUT2D eigenvalue weighted by Crippen LogP contribution is 2.14. The minimum atomic E-state index is -0.863. The quantitative estimate of drug-likeness (QED) is 0.714. The molecular formula is C18H13ClFN3O3. The first-order chi connectivity index (χ1) is 12.4. The Morgan fingerprint density at radius 3 is 2.46 bits per heavy atom. The van der Waals surface area contributed by atoms with Gasteiger partial charge in [0.25, 0.3) is 0 Å². The fourth-order valence-electron chi connectivity index (χ4n) is 2.36. The van der Waals surface area contributed by atoms with Crippen LogP contribution in [0.25, 0.3) is 5.69 Å². The summed E-state index contributed by atoms with van der Waals surface area (Å²) in [6.45, 7) is -0.329. The molecule has 0 aliphatic heterocycles. The van der Waals surface area contributed by atoms with Gasteiger partial charge in [-0.05, 0) is 42.5 Å². The van der Waals surface area contributed by atoms with Gasteiger partial charge >= 0.3 is 11.1 Å². The second-order valence-corrected chi connectivity index (χ2v) is 5.88. The van der Waals surface area contributed by atoms with Gasteiger partial charge in [0.2, 0.25) is 5.91 Å². The van der Waals surface area contributed by atoms with Crippen LogP contribution in [0.4, 0.5) is 10.1 Å². The summed E-state index contributed by atoms with van der Waals surface area (Å²) >= 11 is 5.85. The zero-order chi connectivity index (χ0) is 18.7. The lowest BCUT2D eigenvalue weighted by atomic mass is 10.3. The monoisotopic (exact) mass is 373 g/mol. The fraction of sp³-hybridized carbons (Fsp3) is 0.0556. The SMILES string of the molecule is O=C(Cn1ccn(-c2ccc(F)cc2)c(=O)c1=O)Nc1cccc(Cl)c1. The van der Waals surface area contributed by atoms with E-state index >= 15 is 0 Å². The van der Waals surface area contributed by atoms with Crippen molar-refractivity contribution in [3.63, 3.8) is 0 Å². The molecule has 1 heterocycles. The average Bonchev–Trinajstić information content (AvgIpc) is 2.60. The highest BCUT2D eigenvalue weighted by Gasteiger charge is 2.10. The van der Waals surface area contributed by atoms with E-state index in [2.05, 4.69) is 5.32 Å². The zero-order valence-electron chi connectivity index (χ0n) is 13.4. The van der Waals surface area contributed by atoms with E-state index in [0.717, 1.165) is 9.13 Å². The van der Waals surface area contributed by atoms with Crippen LogP contribution >= 0.6 is 11.6 Å². The molecule has 132 valence electrons. The molecule has 0 saturated heterocycles. The molecule has 3 rings (SSSR count). The van der Waals surface area contributed by atoms with Crippen LogP contribution in [0.3, 0.4) is 0 Å². The van der Waals surface area contributed by atoms with Gasteiger partial charge in [0.15, 0.2) is 0 Å². The van der Waals surface area contributed by atoms with Crippen molar-refractivity contribution in [2.45, 2.75) is 6.54 Å². The summed E-state index contributed by atoms with van der Waals surface area (Å²) in [7, 11) is 0. The number of nitrogens with zero attached hydrogens (tertiary/aromatic N) is 2. The van der Waals surface area contributed by atoms with Crippen LogP contribution in [-0.2, 0) is 11.3 Å². The first-order valence-corrected chi connectivity index (χ1v) is 7.95. The van der Waals surface area contributed by atoms with Crippen LogP contribution in [0.15, 0.2) is 70.5 Å². The third kappa shape index (κ3) is 3.89. The Hall–Kier alpha value is -3.19. The van der Waals surface area contributed by atoms with Crippen LogP contribution in [0, 0.1) is 5.82 Å². The van der Waals surface area contributed by atoms with Crippen molar-refractivity contribution in [1.29, 1.82) is 0 Å². The molecule has 1 N–H and O–H groups in total. The van der Waals surface area contributed by atoms with Gasteiger partial charge in [-0.3, -0.25) is 23.5 Å². The topological polar surface area (TPSA) is 73.1 Å². The van der Waals surface area contributed by atoms with Crippen molar-refractivity contribution in [3.05, 3.63) is 92.5 Å². The number of halogens is 2. The lowest BCUT2D eigenvalue weighted by molar-refractivity contribution is -0.116. The van der Waals surface area contributed by atoms with Crippen molar-refractivity contribution in [3.8, 4) is 5.69 Å². The number of carbonyl (C=O) groups excluding carboxylic acids is 1. The van der Waals surface area contributed by atoms with Gasteiger partial charge in [0.05, 0.1) is 0 Å². The van der Waals surface area contributed by atoms with Crippen molar-refractivity contribution < 1.29 is 9.18 Å². The lowest BCUT2D eigenvalue weighted by Gasteiger charge is -2.10. The summed E-state index contributed by atoms with van der Waals surface area (Å²) in [6, 6.07) is 11.7. The molecule has 0 atom stereocenters. The fourth-order valence-corrected chi connectivity index (χ4v) is 2.55. The summed E-state index contributed by atoms with van der Waals surface area (Å²) in [5.41, 5.74) is -0.869. The highest BCUT2D eigenvalue weighted by atomic mass is 35.5. The Balaban J connectivity index is 1.82. The van der Waals surface area contributed by atoms with Crippen molar-refractivity contribution in [2.75, 3.05) is 5.32 Å². The van der Waals surface area contributed by atoms with Crippen LogP contribution in [0.2, 0.25) is 5.02 Å². The maximum absolute atomic E-state index is 13.0. The van der Waals surface area contributed by atoms with Crippen LogP contribution < -0.4 is 16.4 Å². The van der Waals surface area contributed by atoms with Crippen LogP contribution in [0.1, 0.15) is 0 Å². The molecule has 0 fully saturated rings. The molecule has 0 unspecified atom stereocenters. The Morgan fingerprint density at radius 1 is 1.04 bits per heavy atom. The number of hydrogen-bond donors (Lipinski definition) is 1. The van der Waals surface area contributed by atoms with E-state index in [1.165, 1.54) is 36.7 Å². The number of carbonyl (C=O) groups is 1. The van der Waals surface area contributed by atoms with Crippen LogP contribution in [0.5, 0.6) is 0 Å². The predicted molar refractivity (Wildman–Crippen MR) is 96.3 cm³/mol. The Bertz CT molecular complexity index is 1070. The molecule has 26 heavy (non-hydrogen) atoms. The maximum Gasteiger partial charge on any atom is 0.320 e. The number of rotatable bonds is 4. The molecule has 6 nitrogen and oxygen atoms in total. The maximum atomic E-state index is 13.0. The molecule has 0 aliphatic carbocycles. The van der Waals surface area contributed by atoms with E-state index < -0.39 is 22.8 Å². The summed E-state index contributed by atoms with van der Waals surface area (Å²) in [4.78, 5) is 36.6. The van der Waals surface area contributed by atoms with Crippen LogP contribution in [-0.4, -0.2) is 15.0 Å². The molecule has 0 aliphatic rings. The van der Waals surface area contributed by atoms with E-state index in [1.807, 2.05) is 0 Å². The standard InChI is InChI=1S/C18H13ClFN3O3/c19-12-2-1-3-14(10-12)21-16(24)11-22-8-9-23(18(26)17(22)25)15-6-4-13(20)5-7-15/h1-10H,11H2,(H,21,24). The zero-order valence-corrected chi connectivity index (χ0v) is 14.1. The number of aromatic nitrogens is 2. The highest BCUT2D eigenvalue weighted by molar-refractivity contribution is 6.30. The van der Waals surface area contributed by atoms with Gasteiger partial charge in [0.1, 0.15) is 12.4 Å². The summed E-state index contributed by atoms with van der Waals surface area (Å²) in [5, 5.41) is 3.06. The Kier molecular flexibility index (Phi) is 4.99. The van der Waals surface area contributed by atoms with Gasteiger partial charge < -0.3 is 5.32 Å². The smallest absolute Gasteiger partial charge is 0.320 e. The van der Waals surface area contributed by atoms with E-state index in [1.54, 1.807) is 24.3 Å². The third-order valence-electron chi connectivity index (χ3n) is 3.59. The first-order valence-electron chi connectivity index (χ1n) is 7.57. The molecule has 0 bridgehead atoms. The molecule has 2 aromatic carbocycles.